The topological polar surface area (TPSA) is 33.2 Å². The molecule has 5 nitrogen and oxygen atoms in total. The highest BCUT2D eigenvalue weighted by molar-refractivity contribution is 6.84. The fourth-order valence-electron chi connectivity index (χ4n) is 11.3. The van der Waals surface area contributed by atoms with Gasteiger partial charge in [-0.15, -0.1) is 0 Å². The van der Waals surface area contributed by atoms with Gasteiger partial charge in [0.15, 0.2) is 0 Å². The molecule has 306 valence electrons. The van der Waals surface area contributed by atoms with E-state index in [9.17, 15) is 0 Å². The molecule has 0 atom stereocenters. The summed E-state index contributed by atoms with van der Waals surface area (Å²) in [6.45, 7) is -0.341. The number of ether oxygens (including phenoxy) is 1. The minimum atomic E-state index is -0.341. The van der Waals surface area contributed by atoms with Gasteiger partial charge < -0.3 is 23.1 Å². The van der Waals surface area contributed by atoms with E-state index in [1.165, 1.54) is 54.4 Å². The molecule has 0 amide bonds. The van der Waals surface area contributed by atoms with Gasteiger partial charge in [0, 0.05) is 60.6 Å². The largest absolute Gasteiger partial charge is 0.551 e. The monoisotopic (exact) mass is 841 g/mol. The van der Waals surface area contributed by atoms with Crippen LogP contribution in [0.2, 0.25) is 0 Å². The van der Waals surface area contributed by atoms with Crippen molar-refractivity contribution in [3.63, 3.8) is 0 Å². The summed E-state index contributed by atoms with van der Waals surface area (Å²) in [5.41, 5.74) is 16.7. The molecule has 0 saturated heterocycles. The predicted octanol–water partition coefficient (Wildman–Crippen LogP) is 13.9. The second-order valence-electron chi connectivity index (χ2n) is 17.6. The quantitative estimate of drug-likeness (QED) is 0.165. The highest BCUT2D eigenvalue weighted by atomic mass is 16.5. The van der Waals surface area contributed by atoms with Crippen LogP contribution in [0.25, 0.3) is 105 Å². The molecule has 2 aliphatic rings. The van der Waals surface area contributed by atoms with E-state index in [4.69, 9.17) is 9.39 Å². The lowest BCUT2D eigenvalue weighted by Crippen LogP contribution is -2.53. The first-order chi connectivity index (χ1) is 32.7. The Bertz CT molecular complexity index is 4100. The number of fused-ring (bicyclic) bond motifs is 13. The fraction of sp³-hybridized carbons (Fsp3) is 0. The summed E-state index contributed by atoms with van der Waals surface area (Å²) in [5, 5.41) is 7.35. The van der Waals surface area contributed by atoms with Crippen molar-refractivity contribution < 1.29 is 9.39 Å². The fourth-order valence-corrected chi connectivity index (χ4v) is 11.3. The van der Waals surface area contributed by atoms with Gasteiger partial charge in [-0.2, -0.15) is 0 Å². The molecular weight excluding hydrogens is 805 g/mol. The van der Waals surface area contributed by atoms with E-state index in [1.807, 2.05) is 0 Å². The second kappa shape index (κ2) is 13.4. The van der Waals surface area contributed by atoms with E-state index < -0.39 is 0 Å². The van der Waals surface area contributed by atoms with Crippen LogP contribution in [0, 0.1) is 0 Å². The van der Waals surface area contributed by atoms with Crippen LogP contribution in [-0.2, 0) is 0 Å². The van der Waals surface area contributed by atoms with E-state index in [1.54, 1.807) is 0 Å². The molecule has 10 aromatic carbocycles. The summed E-state index contributed by atoms with van der Waals surface area (Å²) < 4.78 is 21.4. The van der Waals surface area contributed by atoms with Crippen LogP contribution >= 0.6 is 0 Å². The maximum absolute atomic E-state index is 7.20. The number of hydrogen-bond acceptors (Lipinski definition) is 2. The van der Waals surface area contributed by atoms with Crippen molar-refractivity contribution in [1.29, 1.82) is 0 Å². The zero-order chi connectivity index (χ0) is 43.0. The van der Waals surface area contributed by atoms with Crippen molar-refractivity contribution in [3.8, 4) is 56.6 Å². The van der Waals surface area contributed by atoms with Crippen molar-refractivity contribution in [2.75, 3.05) is 0 Å². The molecule has 66 heavy (non-hydrogen) atoms. The summed E-state index contributed by atoms with van der Waals surface area (Å²) in [6.07, 6.45) is 0. The highest BCUT2D eigenvalue weighted by Crippen LogP contribution is 2.45. The third-order valence-corrected chi connectivity index (χ3v) is 14.1. The molecule has 6 heteroatoms. The lowest BCUT2D eigenvalue weighted by Gasteiger charge is -2.33. The van der Waals surface area contributed by atoms with Crippen molar-refractivity contribution in [1.82, 2.24) is 13.7 Å². The van der Waals surface area contributed by atoms with Gasteiger partial charge in [-0.1, -0.05) is 146 Å². The van der Waals surface area contributed by atoms with Crippen molar-refractivity contribution in [2.45, 2.75) is 0 Å². The molecule has 13 aromatic rings. The molecule has 0 aliphatic carbocycles. The van der Waals surface area contributed by atoms with Gasteiger partial charge in [-0.25, -0.2) is 0 Å². The average Bonchev–Trinajstić information content (AvgIpc) is 4.02. The molecule has 0 bridgehead atoms. The normalized spacial score (nSPS) is 12.8. The molecule has 15 rings (SSSR count). The summed E-state index contributed by atoms with van der Waals surface area (Å²) in [4.78, 5) is 0. The Kier molecular flexibility index (Phi) is 7.24. The third-order valence-electron chi connectivity index (χ3n) is 14.1. The molecule has 0 saturated carbocycles. The van der Waals surface area contributed by atoms with Gasteiger partial charge >= 0.3 is 6.92 Å². The van der Waals surface area contributed by atoms with Crippen LogP contribution in [0.4, 0.5) is 0 Å². The minimum absolute atomic E-state index is 0.341. The minimum Gasteiger partial charge on any atom is -0.551 e. The Labute approximate surface area is 379 Å². The van der Waals surface area contributed by atoms with Crippen molar-refractivity contribution in [2.24, 2.45) is 0 Å². The lowest BCUT2D eigenvalue weighted by atomic mass is 9.50. The maximum atomic E-state index is 7.20. The maximum Gasteiger partial charge on any atom is 0.434 e. The van der Waals surface area contributed by atoms with Gasteiger partial charge in [-0.3, -0.25) is 0 Å². The van der Waals surface area contributed by atoms with Gasteiger partial charge in [0.2, 0.25) is 0 Å². The summed E-state index contributed by atoms with van der Waals surface area (Å²) >= 11 is 0. The number of aromatic nitrogens is 3. The number of hydrogen-bond donors (Lipinski definition) is 0. The SMILES string of the molecule is c1cc(-c2ccc3c(c2)Oc2cc(-n4c5ccccc5c5cccc(-n6c7ccccc7c7ccccc76)c54)cc4c2B3Oc2ccccc2-4)cc(-n2c3ccccc3c3ccccc32)c1. The standard InChI is InChI=1S/C60H36BN3O2/c1-7-24-50-41(17-1)42-18-2-8-25-51(42)62(50)39-16-13-15-37(33-39)38-31-32-49-57(34-38)65-58-36-40(35-48-46-22-6-12-30-56(46)66-61(49)59(48)58)63-52-26-9-5-21-45(52)47-23-14-29-55(60(47)63)64-53-27-10-3-19-43(53)44-20-4-11-28-54(44)64/h1-36H. The molecule has 3 aromatic heterocycles. The molecule has 0 unspecified atom stereocenters. The first kappa shape index (κ1) is 35.7. The van der Waals surface area contributed by atoms with E-state index in [0.717, 1.165) is 78.5 Å². The van der Waals surface area contributed by atoms with E-state index >= 15 is 0 Å². The Morgan fingerprint density at radius 3 is 1.56 bits per heavy atom. The molecule has 5 heterocycles. The lowest BCUT2D eigenvalue weighted by molar-refractivity contribution is 0.479. The first-order valence-corrected chi connectivity index (χ1v) is 22.6. The molecular formula is C60H36BN3O2. The van der Waals surface area contributed by atoms with E-state index in [-0.39, 0.29) is 6.92 Å². The Balaban J connectivity index is 0.934. The summed E-state index contributed by atoms with van der Waals surface area (Å²) in [7, 11) is 0. The molecule has 0 spiro atoms. The number of benzene rings is 10. The third kappa shape index (κ3) is 4.90. The van der Waals surface area contributed by atoms with Crippen LogP contribution in [0.5, 0.6) is 17.2 Å². The smallest absolute Gasteiger partial charge is 0.434 e. The van der Waals surface area contributed by atoms with Gasteiger partial charge in [-0.05, 0) is 83.4 Å². The van der Waals surface area contributed by atoms with Crippen molar-refractivity contribution >= 4 is 83.3 Å². The Hall–Kier alpha value is -8.74. The first-order valence-electron chi connectivity index (χ1n) is 22.6. The predicted molar refractivity (Wildman–Crippen MR) is 272 cm³/mol. The van der Waals surface area contributed by atoms with E-state index in [0.29, 0.717) is 0 Å². The highest BCUT2D eigenvalue weighted by Gasteiger charge is 2.41. The molecule has 0 radical (unpaired) electrons. The van der Waals surface area contributed by atoms with Crippen molar-refractivity contribution in [3.05, 3.63) is 218 Å². The van der Waals surface area contributed by atoms with Gasteiger partial charge in [0.25, 0.3) is 0 Å². The number of para-hydroxylation sites is 7. The van der Waals surface area contributed by atoms with Crippen LogP contribution in [0.15, 0.2) is 218 Å². The van der Waals surface area contributed by atoms with Crippen LogP contribution in [0.1, 0.15) is 0 Å². The van der Waals surface area contributed by atoms with Crippen LogP contribution in [-0.4, -0.2) is 20.6 Å². The van der Waals surface area contributed by atoms with Gasteiger partial charge in [0.1, 0.15) is 17.2 Å². The Morgan fingerprint density at radius 1 is 0.333 bits per heavy atom. The van der Waals surface area contributed by atoms with Gasteiger partial charge in [0.05, 0.1) is 44.5 Å². The summed E-state index contributed by atoms with van der Waals surface area (Å²) in [5.74, 6) is 2.45. The summed E-state index contributed by atoms with van der Waals surface area (Å²) in [6, 6.07) is 78.8. The second-order valence-corrected chi connectivity index (χ2v) is 17.6. The zero-order valence-electron chi connectivity index (χ0n) is 35.5. The number of rotatable bonds is 4. The van der Waals surface area contributed by atoms with E-state index in [2.05, 4.69) is 232 Å². The molecule has 0 fully saturated rings. The average molecular weight is 842 g/mol. The van der Waals surface area contributed by atoms with Crippen LogP contribution in [0.3, 0.4) is 0 Å². The zero-order valence-corrected chi connectivity index (χ0v) is 35.5. The molecule has 2 aliphatic heterocycles. The number of nitrogens with zero attached hydrogens (tertiary/aromatic N) is 3. The Morgan fingerprint density at radius 2 is 0.879 bits per heavy atom. The molecule has 0 N–H and O–H groups in total. The van der Waals surface area contributed by atoms with Crippen LogP contribution < -0.4 is 20.3 Å².